The van der Waals surface area contributed by atoms with Gasteiger partial charge in [0.15, 0.2) is 0 Å². The van der Waals surface area contributed by atoms with E-state index in [1.165, 1.54) is 0 Å². The quantitative estimate of drug-likeness (QED) is 0.754. The molecule has 0 aromatic heterocycles. The van der Waals surface area contributed by atoms with Crippen LogP contribution < -0.4 is 11.1 Å². The minimum absolute atomic E-state index is 0.107. The molecule has 0 aliphatic rings. The fourth-order valence-electron chi connectivity index (χ4n) is 1.22. The van der Waals surface area contributed by atoms with Crippen LogP contribution in [-0.2, 0) is 4.79 Å². The molecule has 1 aromatic carbocycles. The average Bonchev–Trinajstić information content (AvgIpc) is 2.28. The Labute approximate surface area is 96.0 Å². The van der Waals surface area contributed by atoms with Crippen LogP contribution in [0.25, 0.3) is 0 Å². The molecule has 0 aliphatic carbocycles. The van der Waals surface area contributed by atoms with E-state index in [0.717, 1.165) is 5.56 Å². The number of nitrogens with two attached hydrogens (primary N) is 1. The van der Waals surface area contributed by atoms with Crippen molar-refractivity contribution in [3.63, 3.8) is 0 Å². The van der Waals surface area contributed by atoms with E-state index in [1.54, 1.807) is 24.3 Å². The molecule has 1 amide bonds. The Kier molecular flexibility index (Phi) is 4.10. The van der Waals surface area contributed by atoms with Crippen molar-refractivity contribution >= 4 is 11.6 Å². The van der Waals surface area contributed by atoms with Crippen molar-refractivity contribution in [3.8, 4) is 12.3 Å². The third-order valence-corrected chi connectivity index (χ3v) is 2.32. The normalized spacial score (nSPS) is 11.9. The minimum atomic E-state index is -0.505. The summed E-state index contributed by atoms with van der Waals surface area (Å²) in [7, 11) is 0. The number of carbonyl (C=O) groups excluding carboxylic acids is 1. The van der Waals surface area contributed by atoms with Crippen LogP contribution in [0.3, 0.4) is 0 Å². The topological polar surface area (TPSA) is 55.1 Å². The summed E-state index contributed by atoms with van der Waals surface area (Å²) in [4.78, 5) is 11.7. The summed E-state index contributed by atoms with van der Waals surface area (Å²) in [6, 6.07) is 6.62. The lowest BCUT2D eigenvalue weighted by Crippen LogP contribution is -2.39. The highest BCUT2D eigenvalue weighted by Gasteiger charge is 2.16. The van der Waals surface area contributed by atoms with Gasteiger partial charge in [0.25, 0.3) is 0 Å². The number of amides is 1. The van der Waals surface area contributed by atoms with Gasteiger partial charge in [0.05, 0.1) is 6.04 Å². The average molecular weight is 216 g/mol. The molecular weight excluding hydrogens is 200 g/mol. The van der Waals surface area contributed by atoms with E-state index >= 15 is 0 Å². The second-order valence-electron chi connectivity index (χ2n) is 3.98. The molecular formula is C13H16N2O. The standard InChI is InChI=1S/C13H16N2O/c1-4-10-6-5-7-11(8-10)15-13(16)12(14)9(2)3/h1,5-9,12H,14H2,2-3H3,(H,15,16)/t12-/m1/s1. The van der Waals surface area contributed by atoms with Gasteiger partial charge >= 0.3 is 0 Å². The molecule has 3 heteroatoms. The zero-order valence-electron chi connectivity index (χ0n) is 9.53. The molecule has 3 N–H and O–H groups in total. The van der Waals surface area contributed by atoms with E-state index < -0.39 is 6.04 Å². The van der Waals surface area contributed by atoms with Crippen LogP contribution >= 0.6 is 0 Å². The molecule has 0 fully saturated rings. The van der Waals surface area contributed by atoms with E-state index in [9.17, 15) is 4.79 Å². The Hall–Kier alpha value is -1.79. The van der Waals surface area contributed by atoms with Crippen molar-refractivity contribution in [2.24, 2.45) is 11.7 Å². The molecule has 3 nitrogen and oxygen atoms in total. The van der Waals surface area contributed by atoms with Gasteiger partial charge in [0.2, 0.25) is 5.91 Å². The van der Waals surface area contributed by atoms with E-state index in [0.29, 0.717) is 5.69 Å². The van der Waals surface area contributed by atoms with Crippen molar-refractivity contribution in [1.82, 2.24) is 0 Å². The molecule has 0 aliphatic heterocycles. The number of nitrogens with one attached hydrogen (secondary N) is 1. The highest BCUT2D eigenvalue weighted by atomic mass is 16.2. The van der Waals surface area contributed by atoms with Crippen LogP contribution in [0.15, 0.2) is 24.3 Å². The number of hydrogen-bond acceptors (Lipinski definition) is 2. The van der Waals surface area contributed by atoms with Gasteiger partial charge in [-0.25, -0.2) is 0 Å². The predicted octanol–water partition coefficient (Wildman–Crippen LogP) is 1.59. The molecule has 1 rings (SSSR count). The first-order valence-electron chi connectivity index (χ1n) is 5.17. The van der Waals surface area contributed by atoms with Gasteiger partial charge in [-0.3, -0.25) is 4.79 Å². The highest BCUT2D eigenvalue weighted by molar-refractivity contribution is 5.94. The smallest absolute Gasteiger partial charge is 0.241 e. The van der Waals surface area contributed by atoms with Gasteiger partial charge in [-0.2, -0.15) is 0 Å². The number of carbonyl (C=O) groups is 1. The van der Waals surface area contributed by atoms with Gasteiger partial charge in [0.1, 0.15) is 0 Å². The highest BCUT2D eigenvalue weighted by Crippen LogP contribution is 2.11. The largest absolute Gasteiger partial charge is 0.325 e. The second kappa shape index (κ2) is 5.34. The van der Waals surface area contributed by atoms with Crippen LogP contribution in [0.5, 0.6) is 0 Å². The van der Waals surface area contributed by atoms with Crippen molar-refractivity contribution in [1.29, 1.82) is 0 Å². The first-order chi connectivity index (χ1) is 7.54. The summed E-state index contributed by atoms with van der Waals surface area (Å²) in [5.41, 5.74) is 7.14. The minimum Gasteiger partial charge on any atom is -0.325 e. The van der Waals surface area contributed by atoms with Crippen LogP contribution in [0.2, 0.25) is 0 Å². The zero-order valence-corrected chi connectivity index (χ0v) is 9.53. The lowest BCUT2D eigenvalue weighted by molar-refractivity contribution is -0.118. The summed E-state index contributed by atoms with van der Waals surface area (Å²) >= 11 is 0. The Bertz CT molecular complexity index is 418. The third kappa shape index (κ3) is 3.11. The van der Waals surface area contributed by atoms with Crippen LogP contribution in [0, 0.1) is 18.3 Å². The molecule has 16 heavy (non-hydrogen) atoms. The maximum absolute atomic E-state index is 11.7. The summed E-state index contributed by atoms with van der Waals surface area (Å²) in [6.45, 7) is 3.81. The molecule has 0 heterocycles. The molecule has 0 radical (unpaired) electrons. The van der Waals surface area contributed by atoms with Gasteiger partial charge in [-0.1, -0.05) is 25.8 Å². The van der Waals surface area contributed by atoms with Crippen molar-refractivity contribution in [2.45, 2.75) is 19.9 Å². The first-order valence-corrected chi connectivity index (χ1v) is 5.17. The Balaban J connectivity index is 2.74. The maximum atomic E-state index is 11.7. The molecule has 1 atom stereocenters. The third-order valence-electron chi connectivity index (χ3n) is 2.32. The van der Waals surface area contributed by atoms with E-state index in [1.807, 2.05) is 13.8 Å². The number of rotatable bonds is 3. The lowest BCUT2D eigenvalue weighted by Gasteiger charge is -2.15. The Morgan fingerprint density at radius 3 is 2.75 bits per heavy atom. The Morgan fingerprint density at radius 1 is 1.50 bits per heavy atom. The van der Waals surface area contributed by atoms with Gasteiger partial charge in [-0.15, -0.1) is 6.42 Å². The Morgan fingerprint density at radius 2 is 2.19 bits per heavy atom. The van der Waals surface area contributed by atoms with Crippen LogP contribution in [-0.4, -0.2) is 11.9 Å². The van der Waals surface area contributed by atoms with Crippen molar-refractivity contribution < 1.29 is 4.79 Å². The maximum Gasteiger partial charge on any atom is 0.241 e. The molecule has 0 bridgehead atoms. The summed E-state index contributed by atoms with van der Waals surface area (Å²) in [6.07, 6.45) is 5.27. The van der Waals surface area contributed by atoms with E-state index in [-0.39, 0.29) is 11.8 Å². The van der Waals surface area contributed by atoms with Crippen molar-refractivity contribution in [2.75, 3.05) is 5.32 Å². The number of benzene rings is 1. The number of hydrogen-bond donors (Lipinski definition) is 2. The molecule has 0 unspecified atom stereocenters. The number of terminal acetylenes is 1. The summed E-state index contributed by atoms with van der Waals surface area (Å²) < 4.78 is 0. The summed E-state index contributed by atoms with van der Waals surface area (Å²) in [5, 5.41) is 2.74. The zero-order chi connectivity index (χ0) is 12.1. The first kappa shape index (κ1) is 12.3. The van der Waals surface area contributed by atoms with E-state index in [2.05, 4.69) is 11.2 Å². The van der Waals surface area contributed by atoms with Crippen LogP contribution in [0.1, 0.15) is 19.4 Å². The molecule has 1 aromatic rings. The van der Waals surface area contributed by atoms with Crippen molar-refractivity contribution in [3.05, 3.63) is 29.8 Å². The van der Waals surface area contributed by atoms with Crippen LogP contribution in [0.4, 0.5) is 5.69 Å². The molecule has 0 saturated carbocycles. The predicted molar refractivity (Wildman–Crippen MR) is 65.8 cm³/mol. The number of anilines is 1. The molecule has 0 saturated heterocycles. The lowest BCUT2D eigenvalue weighted by atomic mass is 10.0. The second-order valence-corrected chi connectivity index (χ2v) is 3.98. The molecule has 0 spiro atoms. The fraction of sp³-hybridized carbons (Fsp3) is 0.308. The van der Waals surface area contributed by atoms with E-state index in [4.69, 9.17) is 12.2 Å². The summed E-state index contributed by atoms with van der Waals surface area (Å²) in [5.74, 6) is 2.43. The van der Waals surface area contributed by atoms with Gasteiger partial charge < -0.3 is 11.1 Å². The van der Waals surface area contributed by atoms with Gasteiger partial charge in [-0.05, 0) is 24.1 Å². The fourth-order valence-corrected chi connectivity index (χ4v) is 1.22. The molecule has 84 valence electrons. The van der Waals surface area contributed by atoms with Gasteiger partial charge in [0, 0.05) is 11.3 Å². The SMILES string of the molecule is C#Cc1cccc(NC(=O)[C@H](N)C(C)C)c1. The monoisotopic (exact) mass is 216 g/mol.